The molecule has 0 aromatic heterocycles. The van der Waals surface area contributed by atoms with Crippen molar-refractivity contribution < 1.29 is 14.7 Å². The number of likely N-dealkylation sites (tertiary alicyclic amines) is 1. The summed E-state index contributed by atoms with van der Waals surface area (Å²) in [5, 5.41) is 11.9. The Labute approximate surface area is 83.1 Å². The van der Waals surface area contributed by atoms with Gasteiger partial charge in [0.25, 0.3) is 0 Å². The number of nitrogens with one attached hydrogen (secondary N) is 1. The minimum absolute atomic E-state index is 0.0497. The Bertz CT molecular complexity index is 240. The lowest BCUT2D eigenvalue weighted by molar-refractivity contribution is -0.133. The van der Waals surface area contributed by atoms with Gasteiger partial charge in [-0.3, -0.25) is 9.59 Å². The van der Waals surface area contributed by atoms with Crippen LogP contribution in [0.5, 0.6) is 0 Å². The normalized spacial score (nSPS) is 21.9. The highest BCUT2D eigenvalue weighted by Crippen LogP contribution is 2.09. The van der Waals surface area contributed by atoms with Gasteiger partial charge in [-0.25, -0.2) is 0 Å². The lowest BCUT2D eigenvalue weighted by Gasteiger charge is -2.16. The number of carbonyl (C=O) groups excluding carboxylic acids is 2. The molecule has 1 saturated heterocycles. The molecule has 2 N–H and O–H groups in total. The van der Waals surface area contributed by atoms with E-state index in [2.05, 4.69) is 5.32 Å². The third-order valence-electron chi connectivity index (χ3n) is 1.98. The number of amides is 2. The van der Waals surface area contributed by atoms with Crippen LogP contribution in [-0.2, 0) is 9.59 Å². The maximum atomic E-state index is 11.3. The molecule has 1 unspecified atom stereocenters. The van der Waals surface area contributed by atoms with Gasteiger partial charge < -0.3 is 15.3 Å². The van der Waals surface area contributed by atoms with Crippen LogP contribution in [0.3, 0.4) is 0 Å². The van der Waals surface area contributed by atoms with Crippen molar-refractivity contribution in [2.45, 2.75) is 32.4 Å². The summed E-state index contributed by atoms with van der Waals surface area (Å²) in [5.74, 6) is -0.334. The van der Waals surface area contributed by atoms with Gasteiger partial charge in [-0.05, 0) is 13.8 Å². The molecule has 0 bridgehead atoms. The number of hydrogen-bond acceptors (Lipinski definition) is 3. The van der Waals surface area contributed by atoms with Crippen molar-refractivity contribution in [1.82, 2.24) is 10.2 Å². The van der Waals surface area contributed by atoms with E-state index in [-0.39, 0.29) is 37.4 Å². The van der Waals surface area contributed by atoms with E-state index in [1.54, 1.807) is 0 Å². The van der Waals surface area contributed by atoms with Gasteiger partial charge in [0.2, 0.25) is 11.8 Å². The maximum Gasteiger partial charge on any atom is 0.239 e. The molecule has 14 heavy (non-hydrogen) atoms. The second kappa shape index (κ2) is 4.41. The van der Waals surface area contributed by atoms with Crippen LogP contribution in [0.2, 0.25) is 0 Å². The van der Waals surface area contributed by atoms with Crippen LogP contribution in [-0.4, -0.2) is 47.1 Å². The standard InChI is InChI=1S/C9H16N2O3/c1-6(2)10-8(13)5-11-4-7(12)3-9(11)14/h6-7,12H,3-5H2,1-2H3,(H,10,13). The first-order valence-electron chi connectivity index (χ1n) is 4.74. The summed E-state index contributed by atoms with van der Waals surface area (Å²) in [6.45, 7) is 4.04. The highest BCUT2D eigenvalue weighted by molar-refractivity contribution is 5.86. The van der Waals surface area contributed by atoms with Gasteiger partial charge in [-0.1, -0.05) is 0 Å². The van der Waals surface area contributed by atoms with Crippen molar-refractivity contribution in [3.05, 3.63) is 0 Å². The van der Waals surface area contributed by atoms with Crippen LogP contribution in [0.15, 0.2) is 0 Å². The van der Waals surface area contributed by atoms with Crippen molar-refractivity contribution in [2.75, 3.05) is 13.1 Å². The molecule has 0 aromatic carbocycles. The Morgan fingerprint density at radius 1 is 1.71 bits per heavy atom. The second-order valence-corrected chi connectivity index (χ2v) is 3.85. The Kier molecular flexibility index (Phi) is 3.46. The molecule has 5 heteroatoms. The zero-order valence-corrected chi connectivity index (χ0v) is 8.49. The molecule has 0 aliphatic carbocycles. The first-order valence-corrected chi connectivity index (χ1v) is 4.74. The maximum absolute atomic E-state index is 11.3. The summed E-state index contributed by atoms with van der Waals surface area (Å²) < 4.78 is 0. The molecule has 1 rings (SSSR count). The van der Waals surface area contributed by atoms with Crippen molar-refractivity contribution in [2.24, 2.45) is 0 Å². The quantitative estimate of drug-likeness (QED) is 0.620. The number of β-amino-alcohol motifs (C(OH)–C–C–N with tert-alkyl or cyclic N) is 1. The predicted molar refractivity (Wildman–Crippen MR) is 50.5 cm³/mol. The van der Waals surface area contributed by atoms with Crippen LogP contribution in [0.4, 0.5) is 0 Å². The van der Waals surface area contributed by atoms with Crippen molar-refractivity contribution >= 4 is 11.8 Å². The molecule has 0 radical (unpaired) electrons. The van der Waals surface area contributed by atoms with Crippen LogP contribution in [0.25, 0.3) is 0 Å². The molecule has 1 fully saturated rings. The topological polar surface area (TPSA) is 69.6 Å². The van der Waals surface area contributed by atoms with E-state index in [0.717, 1.165) is 0 Å². The van der Waals surface area contributed by atoms with Gasteiger partial charge in [0.15, 0.2) is 0 Å². The predicted octanol–water partition coefficient (Wildman–Crippen LogP) is -0.896. The average Bonchev–Trinajstić information content (AvgIpc) is 2.28. The molecular formula is C9H16N2O3. The molecular weight excluding hydrogens is 184 g/mol. The molecule has 1 aliphatic rings. The molecule has 2 amide bonds. The Hall–Kier alpha value is -1.10. The summed E-state index contributed by atoms with van der Waals surface area (Å²) in [7, 11) is 0. The van der Waals surface area contributed by atoms with Crippen molar-refractivity contribution in [3.63, 3.8) is 0 Å². The Balaban J connectivity index is 2.37. The summed E-state index contributed by atoms with van der Waals surface area (Å²) in [6, 6.07) is 0.0742. The number of carbonyl (C=O) groups is 2. The number of aliphatic hydroxyl groups excluding tert-OH is 1. The fourth-order valence-corrected chi connectivity index (χ4v) is 1.45. The van der Waals surface area contributed by atoms with E-state index < -0.39 is 6.10 Å². The molecule has 0 spiro atoms. The third-order valence-corrected chi connectivity index (χ3v) is 1.98. The van der Waals surface area contributed by atoms with Crippen LogP contribution in [0, 0.1) is 0 Å². The monoisotopic (exact) mass is 200 g/mol. The lowest BCUT2D eigenvalue weighted by atomic mass is 10.3. The number of nitrogens with zero attached hydrogens (tertiary/aromatic N) is 1. The number of hydrogen-bond donors (Lipinski definition) is 2. The lowest BCUT2D eigenvalue weighted by Crippen LogP contribution is -2.40. The summed E-state index contributed by atoms with van der Waals surface area (Å²) in [4.78, 5) is 23.8. The van der Waals surface area contributed by atoms with Gasteiger partial charge in [-0.2, -0.15) is 0 Å². The van der Waals surface area contributed by atoms with Crippen LogP contribution < -0.4 is 5.32 Å². The van der Waals surface area contributed by atoms with E-state index in [9.17, 15) is 14.7 Å². The smallest absolute Gasteiger partial charge is 0.239 e. The SMILES string of the molecule is CC(C)NC(=O)CN1CC(O)CC1=O. The fraction of sp³-hybridized carbons (Fsp3) is 0.778. The number of aliphatic hydroxyl groups is 1. The van der Waals surface area contributed by atoms with Crippen molar-refractivity contribution in [3.8, 4) is 0 Å². The van der Waals surface area contributed by atoms with Crippen molar-refractivity contribution in [1.29, 1.82) is 0 Å². The van der Waals surface area contributed by atoms with E-state index >= 15 is 0 Å². The van der Waals surface area contributed by atoms with Gasteiger partial charge in [0, 0.05) is 12.6 Å². The average molecular weight is 200 g/mol. The first-order chi connectivity index (χ1) is 6.49. The van der Waals surface area contributed by atoms with Crippen LogP contribution >= 0.6 is 0 Å². The summed E-state index contributed by atoms with van der Waals surface area (Å²) >= 11 is 0. The van der Waals surface area contributed by atoms with E-state index in [1.165, 1.54) is 4.90 Å². The van der Waals surface area contributed by atoms with Crippen LogP contribution in [0.1, 0.15) is 20.3 Å². The van der Waals surface area contributed by atoms with E-state index in [1.807, 2.05) is 13.8 Å². The molecule has 0 aromatic rings. The highest BCUT2D eigenvalue weighted by Gasteiger charge is 2.29. The number of rotatable bonds is 3. The highest BCUT2D eigenvalue weighted by atomic mass is 16.3. The first kappa shape index (κ1) is 11.0. The van der Waals surface area contributed by atoms with Gasteiger partial charge >= 0.3 is 0 Å². The minimum Gasteiger partial charge on any atom is -0.391 e. The largest absolute Gasteiger partial charge is 0.391 e. The minimum atomic E-state index is -0.616. The third kappa shape index (κ3) is 2.99. The zero-order valence-electron chi connectivity index (χ0n) is 8.49. The molecule has 80 valence electrons. The molecule has 1 aliphatic heterocycles. The second-order valence-electron chi connectivity index (χ2n) is 3.85. The zero-order chi connectivity index (χ0) is 10.7. The molecule has 1 atom stereocenters. The Morgan fingerprint density at radius 2 is 2.36 bits per heavy atom. The fourth-order valence-electron chi connectivity index (χ4n) is 1.45. The Morgan fingerprint density at radius 3 is 2.79 bits per heavy atom. The molecule has 0 saturated carbocycles. The summed E-state index contributed by atoms with van der Waals surface area (Å²) in [5.41, 5.74) is 0. The molecule has 1 heterocycles. The van der Waals surface area contributed by atoms with E-state index in [0.29, 0.717) is 0 Å². The molecule has 5 nitrogen and oxygen atoms in total. The summed E-state index contributed by atoms with van der Waals surface area (Å²) in [6.07, 6.45) is -0.482. The van der Waals surface area contributed by atoms with Gasteiger partial charge in [0.1, 0.15) is 0 Å². The van der Waals surface area contributed by atoms with E-state index in [4.69, 9.17) is 0 Å². The van der Waals surface area contributed by atoms with Gasteiger partial charge in [-0.15, -0.1) is 0 Å². The van der Waals surface area contributed by atoms with Gasteiger partial charge in [0.05, 0.1) is 19.1 Å².